The Morgan fingerprint density at radius 1 is 0.851 bits per heavy atom. The van der Waals surface area contributed by atoms with Crippen molar-refractivity contribution in [3.8, 4) is 0 Å². The predicted octanol–water partition coefficient (Wildman–Crippen LogP) is 7.37. The minimum atomic E-state index is -4.83. The van der Waals surface area contributed by atoms with Crippen LogP contribution in [0.3, 0.4) is 0 Å². The molecule has 0 aliphatic carbocycles. The van der Waals surface area contributed by atoms with Gasteiger partial charge < -0.3 is 10.2 Å². The summed E-state index contributed by atoms with van der Waals surface area (Å²) in [6.45, 7) is 1.09. The van der Waals surface area contributed by atoms with Crippen LogP contribution in [0, 0.1) is 0 Å². The molecule has 0 aliphatic rings. The Morgan fingerprint density at radius 3 is 2.06 bits per heavy atom. The van der Waals surface area contributed by atoms with Gasteiger partial charge in [0.2, 0.25) is 11.8 Å². The molecule has 0 heterocycles. The summed E-state index contributed by atoms with van der Waals surface area (Å²) in [5.41, 5.74) is -0.386. The second-order valence-corrected chi connectivity index (χ2v) is 13.3. The van der Waals surface area contributed by atoms with Crippen molar-refractivity contribution in [3.63, 3.8) is 0 Å². The van der Waals surface area contributed by atoms with Gasteiger partial charge in [-0.25, -0.2) is 8.42 Å². The van der Waals surface area contributed by atoms with E-state index in [1.54, 1.807) is 60.7 Å². The van der Waals surface area contributed by atoms with Crippen LogP contribution in [0.5, 0.6) is 0 Å². The van der Waals surface area contributed by atoms with Crippen LogP contribution in [-0.4, -0.2) is 44.3 Å². The second kappa shape index (κ2) is 15.7. The molecule has 1 N–H and O–H groups in total. The molecule has 0 saturated heterocycles. The summed E-state index contributed by atoms with van der Waals surface area (Å²) in [4.78, 5) is 29.1. The maximum Gasteiger partial charge on any atom is 0.416 e. The summed E-state index contributed by atoms with van der Waals surface area (Å²) in [7, 11) is -4.65. The van der Waals surface area contributed by atoms with E-state index >= 15 is 0 Å². The number of hydrogen-bond donors (Lipinski definition) is 1. The van der Waals surface area contributed by atoms with Crippen LogP contribution in [0.15, 0.2) is 108 Å². The molecule has 4 aromatic rings. The van der Waals surface area contributed by atoms with Gasteiger partial charge in [0, 0.05) is 24.5 Å². The topological polar surface area (TPSA) is 86.8 Å². The zero-order valence-corrected chi connectivity index (χ0v) is 27.6. The van der Waals surface area contributed by atoms with Gasteiger partial charge in [-0.1, -0.05) is 90.8 Å². The molecule has 0 fully saturated rings. The summed E-state index contributed by atoms with van der Waals surface area (Å²) in [6, 6.07) is 23.6. The lowest BCUT2D eigenvalue weighted by Crippen LogP contribution is -2.53. The van der Waals surface area contributed by atoms with Crippen LogP contribution >= 0.6 is 23.2 Å². The van der Waals surface area contributed by atoms with E-state index in [0.717, 1.165) is 17.7 Å². The number of carbonyl (C=O) groups is 2. The molecule has 248 valence electrons. The van der Waals surface area contributed by atoms with Gasteiger partial charge in [-0.2, -0.15) is 13.2 Å². The summed E-state index contributed by atoms with van der Waals surface area (Å²) in [6.07, 6.45) is -4.14. The monoisotopic (exact) mass is 705 g/mol. The van der Waals surface area contributed by atoms with Crippen molar-refractivity contribution < 1.29 is 31.2 Å². The van der Waals surface area contributed by atoms with Crippen molar-refractivity contribution in [1.29, 1.82) is 0 Å². The van der Waals surface area contributed by atoms with Crippen LogP contribution in [0.4, 0.5) is 18.9 Å². The van der Waals surface area contributed by atoms with Crippen molar-refractivity contribution in [1.82, 2.24) is 10.2 Å². The van der Waals surface area contributed by atoms with Crippen LogP contribution in [0.1, 0.15) is 30.0 Å². The number of halogens is 5. The van der Waals surface area contributed by atoms with Crippen molar-refractivity contribution in [2.24, 2.45) is 0 Å². The van der Waals surface area contributed by atoms with E-state index in [2.05, 4.69) is 5.32 Å². The standard InChI is InChI=1S/C34H32Cl2F3N3O4S/c1-2-19-40-33(44)31(20-24-9-5-3-6-10-24)41(22-25-13-16-27(35)17-14-25)32(43)23-42(47(45,46)28-11-7-4-8-12-28)30-21-26(34(37,38)39)15-18-29(30)36/h3-18,21,31H,2,19-20,22-23H2,1H3,(H,40,44)/t31-/m1/s1. The Labute approximate surface area is 282 Å². The summed E-state index contributed by atoms with van der Waals surface area (Å²) in [5, 5.41) is 2.94. The number of nitrogens with one attached hydrogen (secondary N) is 1. The number of alkyl halides is 3. The third-order valence-corrected chi connectivity index (χ3v) is 9.58. The zero-order valence-electron chi connectivity index (χ0n) is 25.3. The van der Waals surface area contributed by atoms with E-state index in [0.29, 0.717) is 33.9 Å². The number of nitrogens with zero attached hydrogens (tertiary/aromatic N) is 2. The second-order valence-electron chi connectivity index (χ2n) is 10.6. The van der Waals surface area contributed by atoms with Gasteiger partial charge in [-0.3, -0.25) is 13.9 Å². The van der Waals surface area contributed by atoms with Crippen molar-refractivity contribution in [3.05, 3.63) is 130 Å². The fourth-order valence-electron chi connectivity index (χ4n) is 4.82. The molecule has 1 atom stereocenters. The average molecular weight is 707 g/mol. The molecule has 4 rings (SSSR count). The van der Waals surface area contributed by atoms with E-state index in [1.807, 2.05) is 6.92 Å². The maximum atomic E-state index is 14.4. The van der Waals surface area contributed by atoms with Crippen LogP contribution in [0.25, 0.3) is 0 Å². The molecule has 0 bridgehead atoms. The Balaban J connectivity index is 1.86. The third kappa shape index (κ3) is 9.27. The molecular formula is C34H32Cl2F3N3O4S. The highest BCUT2D eigenvalue weighted by Crippen LogP contribution is 2.37. The number of rotatable bonds is 13. The number of carbonyl (C=O) groups excluding carboxylic acids is 2. The van der Waals surface area contributed by atoms with Gasteiger partial charge in [0.15, 0.2) is 0 Å². The molecular weight excluding hydrogens is 674 g/mol. The Morgan fingerprint density at radius 2 is 1.47 bits per heavy atom. The van der Waals surface area contributed by atoms with E-state index in [9.17, 15) is 31.2 Å². The molecule has 2 amide bonds. The first-order valence-electron chi connectivity index (χ1n) is 14.6. The Bertz CT molecular complexity index is 1780. The Kier molecular flexibility index (Phi) is 11.9. The molecule has 0 unspecified atom stereocenters. The molecule has 0 spiro atoms. The first-order valence-corrected chi connectivity index (χ1v) is 16.8. The fraction of sp³-hybridized carbons (Fsp3) is 0.235. The van der Waals surface area contributed by atoms with E-state index in [-0.39, 0.29) is 22.9 Å². The number of anilines is 1. The summed E-state index contributed by atoms with van der Waals surface area (Å²) >= 11 is 12.4. The summed E-state index contributed by atoms with van der Waals surface area (Å²) in [5.74, 6) is -1.33. The third-order valence-electron chi connectivity index (χ3n) is 7.24. The number of amides is 2. The fourth-order valence-corrected chi connectivity index (χ4v) is 6.66. The van der Waals surface area contributed by atoms with Gasteiger partial charge in [0.1, 0.15) is 12.6 Å². The highest BCUT2D eigenvalue weighted by molar-refractivity contribution is 7.92. The van der Waals surface area contributed by atoms with Gasteiger partial charge in [-0.05, 0) is 60.0 Å². The first kappa shape index (κ1) is 35.8. The van der Waals surface area contributed by atoms with Gasteiger partial charge in [0.05, 0.1) is 21.2 Å². The van der Waals surface area contributed by atoms with Crippen molar-refractivity contribution >= 4 is 50.7 Å². The van der Waals surface area contributed by atoms with Crippen molar-refractivity contribution in [2.45, 2.75) is 43.4 Å². The number of benzene rings is 4. The lowest BCUT2D eigenvalue weighted by atomic mass is 10.0. The molecule has 13 heteroatoms. The van der Waals surface area contributed by atoms with E-state index in [1.165, 1.54) is 29.2 Å². The molecule has 0 aromatic heterocycles. The predicted molar refractivity (Wildman–Crippen MR) is 177 cm³/mol. The highest BCUT2D eigenvalue weighted by Gasteiger charge is 2.37. The molecule has 0 saturated carbocycles. The largest absolute Gasteiger partial charge is 0.416 e. The molecule has 7 nitrogen and oxygen atoms in total. The summed E-state index contributed by atoms with van der Waals surface area (Å²) < 4.78 is 70.1. The minimum Gasteiger partial charge on any atom is -0.354 e. The average Bonchev–Trinajstić information content (AvgIpc) is 3.05. The van der Waals surface area contributed by atoms with Crippen LogP contribution in [-0.2, 0) is 38.8 Å². The SMILES string of the molecule is CCCNC(=O)[C@@H](Cc1ccccc1)N(Cc1ccc(Cl)cc1)C(=O)CN(c1cc(C(F)(F)F)ccc1Cl)S(=O)(=O)c1ccccc1. The highest BCUT2D eigenvalue weighted by atomic mass is 35.5. The minimum absolute atomic E-state index is 0.0749. The van der Waals surface area contributed by atoms with E-state index in [4.69, 9.17) is 23.2 Å². The first-order chi connectivity index (χ1) is 22.3. The molecule has 47 heavy (non-hydrogen) atoms. The smallest absolute Gasteiger partial charge is 0.354 e. The quantitative estimate of drug-likeness (QED) is 0.157. The van der Waals surface area contributed by atoms with E-state index < -0.39 is 51.9 Å². The van der Waals surface area contributed by atoms with Gasteiger partial charge >= 0.3 is 6.18 Å². The van der Waals surface area contributed by atoms with Crippen LogP contribution in [0.2, 0.25) is 10.0 Å². The number of sulfonamides is 1. The normalized spacial score (nSPS) is 12.3. The molecule has 0 aliphatic heterocycles. The number of hydrogen-bond acceptors (Lipinski definition) is 4. The van der Waals surface area contributed by atoms with Crippen LogP contribution < -0.4 is 9.62 Å². The Hall–Kier alpha value is -4.06. The maximum absolute atomic E-state index is 14.4. The van der Waals surface area contributed by atoms with Gasteiger partial charge in [0.25, 0.3) is 10.0 Å². The molecule has 4 aromatic carbocycles. The lowest BCUT2D eigenvalue weighted by molar-refractivity contribution is -0.140. The lowest BCUT2D eigenvalue weighted by Gasteiger charge is -2.34. The van der Waals surface area contributed by atoms with Crippen molar-refractivity contribution in [2.75, 3.05) is 17.4 Å². The molecule has 0 radical (unpaired) electrons. The van der Waals surface area contributed by atoms with Gasteiger partial charge in [-0.15, -0.1) is 0 Å². The zero-order chi connectivity index (χ0) is 34.2.